The first-order valence-corrected chi connectivity index (χ1v) is 5.12. The lowest BCUT2D eigenvalue weighted by molar-refractivity contribution is 0.0650. The molecule has 0 aromatic heterocycles. The van der Waals surface area contributed by atoms with Gasteiger partial charge in [0.2, 0.25) is 0 Å². The lowest BCUT2D eigenvalue weighted by Crippen LogP contribution is -2.03. The van der Waals surface area contributed by atoms with E-state index in [4.69, 9.17) is 10.2 Å². The van der Waals surface area contributed by atoms with Crippen molar-refractivity contribution in [2.45, 2.75) is 39.5 Å². The van der Waals surface area contributed by atoms with Gasteiger partial charge in [0, 0.05) is 0 Å². The second-order valence-electron chi connectivity index (χ2n) is 2.77. The summed E-state index contributed by atoms with van der Waals surface area (Å²) in [5, 5.41) is 16.2. The second-order valence-corrected chi connectivity index (χ2v) is 2.77. The molecule has 0 saturated heterocycles. The van der Waals surface area contributed by atoms with Crippen LogP contribution in [0.1, 0.15) is 39.5 Å². The van der Waals surface area contributed by atoms with E-state index < -0.39 is 0 Å². The van der Waals surface area contributed by atoms with E-state index in [1.807, 2.05) is 0 Å². The fourth-order valence-corrected chi connectivity index (χ4v) is 0.731. The van der Waals surface area contributed by atoms with Crippen molar-refractivity contribution < 1.29 is 14.9 Å². The lowest BCUT2D eigenvalue weighted by atomic mass is 10.2. The van der Waals surface area contributed by atoms with Gasteiger partial charge in [0.15, 0.2) is 0 Å². The fraction of sp³-hybridized carbons (Fsp3) is 1.00. The van der Waals surface area contributed by atoms with Gasteiger partial charge < -0.3 is 14.9 Å². The molecule has 2 N–H and O–H groups in total. The summed E-state index contributed by atoms with van der Waals surface area (Å²) >= 11 is 0. The molecule has 0 aliphatic carbocycles. The number of hydrogen-bond acceptors (Lipinski definition) is 3. The average molecular weight is 192 g/mol. The van der Waals surface area contributed by atoms with Gasteiger partial charge in [-0.1, -0.05) is 39.5 Å². The molecule has 0 heterocycles. The van der Waals surface area contributed by atoms with Gasteiger partial charge in [0.25, 0.3) is 0 Å². The first-order chi connectivity index (χ1) is 6.33. The molecule has 0 aromatic carbocycles. The van der Waals surface area contributed by atoms with E-state index in [-0.39, 0.29) is 13.2 Å². The molecule has 13 heavy (non-hydrogen) atoms. The molecule has 0 aliphatic heterocycles. The Morgan fingerprint density at radius 1 is 0.846 bits per heavy atom. The maximum absolute atomic E-state index is 8.09. The first kappa shape index (κ1) is 15.4. The first-order valence-electron chi connectivity index (χ1n) is 5.12. The number of hydrogen-bond donors (Lipinski definition) is 2. The molecule has 0 unspecified atom stereocenters. The highest BCUT2D eigenvalue weighted by Crippen LogP contribution is 1.95. The third kappa shape index (κ3) is 24.5. The topological polar surface area (TPSA) is 49.7 Å². The SMILES string of the molecule is CCCCCC.OCCOCCO. The molecular weight excluding hydrogens is 168 g/mol. The smallest absolute Gasteiger partial charge is 0.0698 e. The number of ether oxygens (including phenoxy) is 1. The number of rotatable bonds is 7. The van der Waals surface area contributed by atoms with Gasteiger partial charge in [-0.25, -0.2) is 0 Å². The number of aliphatic hydroxyl groups excluding tert-OH is 2. The van der Waals surface area contributed by atoms with Gasteiger partial charge in [-0.2, -0.15) is 0 Å². The Bertz CT molecular complexity index is 59.2. The Labute approximate surface area is 81.7 Å². The van der Waals surface area contributed by atoms with Crippen LogP contribution >= 0.6 is 0 Å². The van der Waals surface area contributed by atoms with Gasteiger partial charge in [-0.3, -0.25) is 0 Å². The summed E-state index contributed by atoms with van der Waals surface area (Å²) in [6.45, 7) is 5.16. The van der Waals surface area contributed by atoms with E-state index in [0.717, 1.165) is 0 Å². The van der Waals surface area contributed by atoms with Crippen LogP contribution in [0, 0.1) is 0 Å². The van der Waals surface area contributed by atoms with Crippen molar-refractivity contribution >= 4 is 0 Å². The van der Waals surface area contributed by atoms with Crippen LogP contribution in [-0.2, 0) is 4.74 Å². The molecule has 3 nitrogen and oxygen atoms in total. The third-order valence-electron chi connectivity index (χ3n) is 1.43. The average Bonchev–Trinajstić information content (AvgIpc) is 2.17. The quantitative estimate of drug-likeness (QED) is 0.602. The summed E-state index contributed by atoms with van der Waals surface area (Å²) < 4.78 is 4.63. The molecular formula is C10H24O3. The van der Waals surface area contributed by atoms with Gasteiger partial charge in [0.05, 0.1) is 26.4 Å². The summed E-state index contributed by atoms with van der Waals surface area (Å²) in [5.74, 6) is 0. The summed E-state index contributed by atoms with van der Waals surface area (Å²) in [4.78, 5) is 0. The molecule has 0 saturated carbocycles. The van der Waals surface area contributed by atoms with Crippen LogP contribution < -0.4 is 0 Å². The molecule has 0 fully saturated rings. The number of aliphatic hydroxyl groups is 2. The van der Waals surface area contributed by atoms with Crippen LogP contribution in [-0.4, -0.2) is 36.6 Å². The molecule has 0 rings (SSSR count). The van der Waals surface area contributed by atoms with Crippen LogP contribution in [0.5, 0.6) is 0 Å². The van der Waals surface area contributed by atoms with Crippen molar-refractivity contribution in [3.8, 4) is 0 Å². The summed E-state index contributed by atoms with van der Waals surface area (Å²) in [6, 6.07) is 0. The van der Waals surface area contributed by atoms with Crippen LogP contribution in [0.25, 0.3) is 0 Å². The highest BCUT2D eigenvalue weighted by Gasteiger charge is 1.79. The van der Waals surface area contributed by atoms with E-state index in [0.29, 0.717) is 13.2 Å². The zero-order valence-electron chi connectivity index (χ0n) is 8.96. The summed E-state index contributed by atoms with van der Waals surface area (Å²) in [7, 11) is 0. The Kier molecular flexibility index (Phi) is 21.1. The molecule has 0 radical (unpaired) electrons. The zero-order chi connectivity index (χ0) is 10.4. The maximum atomic E-state index is 8.09. The molecule has 0 bridgehead atoms. The lowest BCUT2D eigenvalue weighted by Gasteiger charge is -1.94. The Balaban J connectivity index is 0. The third-order valence-corrected chi connectivity index (χ3v) is 1.43. The van der Waals surface area contributed by atoms with Gasteiger partial charge >= 0.3 is 0 Å². The minimum atomic E-state index is 0.0278. The molecule has 0 aromatic rings. The predicted octanol–water partition coefficient (Wildman–Crippen LogP) is 1.57. The fourth-order valence-electron chi connectivity index (χ4n) is 0.731. The van der Waals surface area contributed by atoms with Crippen molar-refractivity contribution in [3.05, 3.63) is 0 Å². The molecule has 3 heteroatoms. The normalized spacial score (nSPS) is 9.23. The van der Waals surface area contributed by atoms with Gasteiger partial charge in [-0.05, 0) is 0 Å². The standard InChI is InChI=1S/C6H14.C4H10O3/c1-3-5-6-4-2;5-1-3-7-4-2-6/h3-6H2,1-2H3;5-6H,1-4H2. The van der Waals surface area contributed by atoms with Crippen molar-refractivity contribution in [1.29, 1.82) is 0 Å². The van der Waals surface area contributed by atoms with Crippen LogP contribution in [0.2, 0.25) is 0 Å². The molecule has 0 atom stereocenters. The van der Waals surface area contributed by atoms with E-state index in [1.165, 1.54) is 25.7 Å². The maximum Gasteiger partial charge on any atom is 0.0698 e. The Hall–Kier alpha value is -0.120. The second kappa shape index (κ2) is 17.8. The zero-order valence-corrected chi connectivity index (χ0v) is 8.96. The van der Waals surface area contributed by atoms with Gasteiger partial charge in [-0.15, -0.1) is 0 Å². The summed E-state index contributed by atoms with van der Waals surface area (Å²) in [6.07, 6.45) is 5.54. The molecule has 82 valence electrons. The van der Waals surface area contributed by atoms with Crippen LogP contribution in [0.3, 0.4) is 0 Å². The minimum Gasteiger partial charge on any atom is -0.394 e. The van der Waals surface area contributed by atoms with Gasteiger partial charge in [0.1, 0.15) is 0 Å². The predicted molar refractivity (Wildman–Crippen MR) is 54.8 cm³/mol. The minimum absolute atomic E-state index is 0.0278. The highest BCUT2D eigenvalue weighted by molar-refractivity contribution is 4.31. The van der Waals surface area contributed by atoms with Crippen molar-refractivity contribution in [1.82, 2.24) is 0 Å². The Morgan fingerprint density at radius 2 is 1.23 bits per heavy atom. The monoisotopic (exact) mass is 192 g/mol. The van der Waals surface area contributed by atoms with Crippen LogP contribution in [0.4, 0.5) is 0 Å². The van der Waals surface area contributed by atoms with E-state index in [1.54, 1.807) is 0 Å². The van der Waals surface area contributed by atoms with E-state index in [9.17, 15) is 0 Å². The van der Waals surface area contributed by atoms with Crippen molar-refractivity contribution in [2.24, 2.45) is 0 Å². The van der Waals surface area contributed by atoms with E-state index in [2.05, 4.69) is 18.6 Å². The Morgan fingerprint density at radius 3 is 1.46 bits per heavy atom. The van der Waals surface area contributed by atoms with Crippen LogP contribution in [0.15, 0.2) is 0 Å². The molecule has 0 aliphatic rings. The molecule has 0 amide bonds. The molecule has 0 spiro atoms. The largest absolute Gasteiger partial charge is 0.394 e. The number of unbranched alkanes of at least 4 members (excludes halogenated alkanes) is 3. The van der Waals surface area contributed by atoms with E-state index >= 15 is 0 Å². The van der Waals surface area contributed by atoms with Crippen molar-refractivity contribution in [3.63, 3.8) is 0 Å². The highest BCUT2D eigenvalue weighted by atomic mass is 16.5. The van der Waals surface area contributed by atoms with Crippen molar-refractivity contribution in [2.75, 3.05) is 26.4 Å². The summed E-state index contributed by atoms with van der Waals surface area (Å²) in [5.41, 5.74) is 0.